The Morgan fingerprint density at radius 2 is 1.79 bits per heavy atom. The molecule has 2 aromatic heterocycles. The summed E-state index contributed by atoms with van der Waals surface area (Å²) < 4.78 is 22.6. The van der Waals surface area contributed by atoms with Gasteiger partial charge in [-0.25, -0.2) is 9.78 Å². The van der Waals surface area contributed by atoms with Crippen LogP contribution in [-0.4, -0.2) is 85.4 Å². The van der Waals surface area contributed by atoms with Gasteiger partial charge >= 0.3 is 6.09 Å². The lowest BCUT2D eigenvalue weighted by molar-refractivity contribution is 0.00818. The van der Waals surface area contributed by atoms with Crippen LogP contribution in [0.25, 0.3) is 11.3 Å². The number of piperidine rings is 1. The first-order valence-electron chi connectivity index (χ1n) is 14.4. The van der Waals surface area contributed by atoms with E-state index in [2.05, 4.69) is 15.3 Å². The number of carbonyl (C=O) groups is 2. The zero-order valence-electron chi connectivity index (χ0n) is 26.0. The molecule has 3 aromatic rings. The molecule has 0 aliphatic carbocycles. The summed E-state index contributed by atoms with van der Waals surface area (Å²) in [5.41, 5.74) is 2.72. The molecule has 1 fully saturated rings. The average molecular weight is 592 g/mol. The smallest absolute Gasteiger partial charge is 0.410 e. The number of carbonyl (C=O) groups excluding carboxylic acids is 2. The molecule has 2 aliphatic rings. The van der Waals surface area contributed by atoms with E-state index >= 15 is 0 Å². The molecule has 1 atom stereocenters. The number of amides is 2. The number of aromatic amines is 1. The van der Waals surface area contributed by atoms with Crippen LogP contribution in [0.2, 0.25) is 0 Å². The largest absolute Gasteiger partial charge is 0.496 e. The molecule has 2 amide bonds. The minimum Gasteiger partial charge on any atom is -0.496 e. The van der Waals surface area contributed by atoms with Crippen molar-refractivity contribution in [3.8, 4) is 28.5 Å². The van der Waals surface area contributed by atoms with Crippen molar-refractivity contribution in [2.75, 3.05) is 53.3 Å². The highest BCUT2D eigenvalue weighted by Gasteiger charge is 2.48. The normalized spacial score (nSPS) is 18.3. The number of rotatable bonds is 7. The first kappa shape index (κ1) is 30.1. The number of hydrogen-bond donors (Lipinski definition) is 2. The lowest BCUT2D eigenvalue weighted by Crippen LogP contribution is -2.58. The summed E-state index contributed by atoms with van der Waals surface area (Å²) in [5.74, 6) is 2.33. The van der Waals surface area contributed by atoms with Crippen molar-refractivity contribution in [1.29, 1.82) is 0 Å². The number of nitrogens with one attached hydrogen (secondary N) is 2. The Morgan fingerprint density at radius 3 is 2.42 bits per heavy atom. The van der Waals surface area contributed by atoms with Gasteiger partial charge in [-0.05, 0) is 51.8 Å². The fourth-order valence-corrected chi connectivity index (χ4v) is 6.12. The summed E-state index contributed by atoms with van der Waals surface area (Å²) in [4.78, 5) is 39.0. The molecule has 43 heavy (non-hydrogen) atoms. The van der Waals surface area contributed by atoms with Crippen LogP contribution in [0.1, 0.15) is 55.2 Å². The minimum absolute atomic E-state index is 0.111. The fraction of sp³-hybridized carbons (Fsp3) is 0.469. The van der Waals surface area contributed by atoms with Gasteiger partial charge in [-0.15, -0.1) is 0 Å². The predicted molar refractivity (Wildman–Crippen MR) is 163 cm³/mol. The Balaban J connectivity index is 1.59. The van der Waals surface area contributed by atoms with E-state index in [-0.39, 0.29) is 18.5 Å². The second kappa shape index (κ2) is 11.7. The molecule has 4 heterocycles. The molecule has 0 saturated carbocycles. The molecule has 230 valence electrons. The quantitative estimate of drug-likeness (QED) is 0.391. The third-order valence-electron chi connectivity index (χ3n) is 8.08. The van der Waals surface area contributed by atoms with E-state index in [0.29, 0.717) is 42.4 Å². The van der Waals surface area contributed by atoms with Crippen LogP contribution in [-0.2, 0) is 16.7 Å². The summed E-state index contributed by atoms with van der Waals surface area (Å²) in [6.07, 6.45) is 2.94. The topological polar surface area (TPSA) is 118 Å². The van der Waals surface area contributed by atoms with Gasteiger partial charge in [0.05, 0.1) is 39.0 Å². The van der Waals surface area contributed by atoms with Crippen molar-refractivity contribution in [2.24, 2.45) is 0 Å². The van der Waals surface area contributed by atoms with Crippen LogP contribution >= 0.6 is 0 Å². The van der Waals surface area contributed by atoms with Gasteiger partial charge in [-0.2, -0.15) is 0 Å². The Kier molecular flexibility index (Phi) is 8.18. The predicted octanol–water partition coefficient (Wildman–Crippen LogP) is 5.07. The molecule has 2 N–H and O–H groups in total. The number of hydrogen-bond acceptors (Lipinski definition) is 8. The van der Waals surface area contributed by atoms with Gasteiger partial charge in [0.1, 0.15) is 28.7 Å². The van der Waals surface area contributed by atoms with Crippen LogP contribution in [0.4, 0.5) is 10.6 Å². The van der Waals surface area contributed by atoms with Gasteiger partial charge < -0.3 is 39.0 Å². The summed E-state index contributed by atoms with van der Waals surface area (Å²) in [6, 6.07) is 9.33. The molecule has 0 radical (unpaired) electrons. The maximum Gasteiger partial charge on any atom is 0.410 e. The fourth-order valence-electron chi connectivity index (χ4n) is 6.12. The van der Waals surface area contributed by atoms with Crippen molar-refractivity contribution in [3.63, 3.8) is 0 Å². The lowest BCUT2D eigenvalue weighted by Gasteiger charge is -2.47. The molecule has 1 spiro atoms. The van der Waals surface area contributed by atoms with E-state index in [1.54, 1.807) is 44.6 Å². The monoisotopic (exact) mass is 591 g/mol. The average Bonchev–Trinajstić information content (AvgIpc) is 3.46. The van der Waals surface area contributed by atoms with Crippen LogP contribution in [0.5, 0.6) is 17.2 Å². The third kappa shape index (κ3) is 5.93. The molecule has 1 saturated heterocycles. The van der Waals surface area contributed by atoms with Crippen LogP contribution < -0.4 is 19.5 Å². The van der Waals surface area contributed by atoms with E-state index in [9.17, 15) is 9.59 Å². The van der Waals surface area contributed by atoms with E-state index in [1.165, 1.54) is 0 Å². The maximum atomic E-state index is 14.2. The number of aromatic nitrogens is 2. The maximum absolute atomic E-state index is 14.2. The van der Waals surface area contributed by atoms with Crippen molar-refractivity contribution < 1.29 is 28.5 Å². The summed E-state index contributed by atoms with van der Waals surface area (Å²) in [6.45, 7) is 7.24. The number of H-pyrrole nitrogens is 1. The van der Waals surface area contributed by atoms with E-state index in [1.807, 2.05) is 50.9 Å². The van der Waals surface area contributed by atoms with E-state index < -0.39 is 11.0 Å². The molecule has 11 nitrogen and oxygen atoms in total. The Labute approximate surface area is 252 Å². The standard InChI is InChI=1S/C32H41N5O6/c1-31(2,3)43-30(39)36-12-8-10-32(18-36)19-37(17-23-25(41-6)14-21(40-5)15-26(23)42-7)29(38)22-16-24(35-28(22)32)20-9-11-34-27(13-20)33-4/h9,11,13-16,35H,8,10,12,17-19H2,1-7H3,(H,33,34). The molecule has 1 unspecified atom stereocenters. The Hall–Kier alpha value is -4.41. The highest BCUT2D eigenvalue weighted by atomic mass is 16.6. The second-order valence-corrected chi connectivity index (χ2v) is 12.1. The molecule has 2 aliphatic heterocycles. The van der Waals surface area contributed by atoms with Gasteiger partial charge in [-0.3, -0.25) is 4.79 Å². The number of likely N-dealkylation sites (tertiary alicyclic amines) is 1. The van der Waals surface area contributed by atoms with Crippen molar-refractivity contribution >= 4 is 17.8 Å². The summed E-state index contributed by atoms with van der Waals surface area (Å²) in [7, 11) is 6.57. The van der Waals surface area contributed by atoms with E-state index in [0.717, 1.165) is 41.2 Å². The van der Waals surface area contributed by atoms with Crippen LogP contribution in [0.15, 0.2) is 36.5 Å². The zero-order chi connectivity index (χ0) is 30.9. The SMILES string of the molecule is CNc1cc(-c2cc3c([nH]2)C2(CCCN(C(=O)OC(C)(C)C)C2)CN(Cc2c(OC)cc(OC)cc2OC)C3=O)ccn1. The van der Waals surface area contributed by atoms with Crippen LogP contribution in [0, 0.1) is 0 Å². The van der Waals surface area contributed by atoms with E-state index in [4.69, 9.17) is 18.9 Å². The summed E-state index contributed by atoms with van der Waals surface area (Å²) >= 11 is 0. The zero-order valence-corrected chi connectivity index (χ0v) is 26.0. The molecule has 0 bridgehead atoms. The third-order valence-corrected chi connectivity index (χ3v) is 8.08. The van der Waals surface area contributed by atoms with Crippen molar-refractivity contribution in [1.82, 2.24) is 19.8 Å². The van der Waals surface area contributed by atoms with Crippen molar-refractivity contribution in [2.45, 2.75) is 51.2 Å². The minimum atomic E-state index is -0.616. The highest BCUT2D eigenvalue weighted by Crippen LogP contribution is 2.44. The number of nitrogens with zero attached hydrogens (tertiary/aromatic N) is 3. The first-order chi connectivity index (χ1) is 20.5. The van der Waals surface area contributed by atoms with Crippen molar-refractivity contribution in [3.05, 3.63) is 53.3 Å². The molecule has 5 rings (SSSR count). The first-order valence-corrected chi connectivity index (χ1v) is 14.4. The lowest BCUT2D eigenvalue weighted by atomic mass is 9.73. The molecular formula is C32H41N5O6. The number of benzene rings is 1. The van der Waals surface area contributed by atoms with Crippen LogP contribution in [0.3, 0.4) is 0 Å². The van der Waals surface area contributed by atoms with Gasteiger partial charge in [0.15, 0.2) is 0 Å². The van der Waals surface area contributed by atoms with Gasteiger partial charge in [0.2, 0.25) is 0 Å². The molecule has 1 aromatic carbocycles. The van der Waals surface area contributed by atoms with Gasteiger partial charge in [0.25, 0.3) is 5.91 Å². The number of fused-ring (bicyclic) bond motifs is 2. The Morgan fingerprint density at radius 1 is 1.07 bits per heavy atom. The molecule has 11 heteroatoms. The van der Waals surface area contributed by atoms with Gasteiger partial charge in [-0.1, -0.05) is 0 Å². The number of ether oxygens (including phenoxy) is 4. The number of methoxy groups -OCH3 is 3. The number of pyridine rings is 1. The number of anilines is 1. The second-order valence-electron chi connectivity index (χ2n) is 12.1. The molecular weight excluding hydrogens is 550 g/mol. The summed E-state index contributed by atoms with van der Waals surface area (Å²) in [5, 5.41) is 3.07. The Bertz CT molecular complexity index is 1490. The van der Waals surface area contributed by atoms with Gasteiger partial charge in [0, 0.05) is 67.4 Å². The highest BCUT2D eigenvalue weighted by molar-refractivity contribution is 5.99.